The number of carbonyl (C=O) groups is 1. The molecule has 2 aromatic carbocycles. The highest BCUT2D eigenvalue weighted by molar-refractivity contribution is 6.36. The lowest BCUT2D eigenvalue weighted by Gasteiger charge is -2.26. The predicted molar refractivity (Wildman–Crippen MR) is 151 cm³/mol. The summed E-state index contributed by atoms with van der Waals surface area (Å²) in [7, 11) is 0. The largest absolute Gasteiger partial charge is 0.374 e. The van der Waals surface area contributed by atoms with Crippen LogP contribution >= 0.6 is 11.6 Å². The lowest BCUT2D eigenvalue weighted by atomic mass is 9.96. The number of likely N-dealkylation sites (tertiary alicyclic amines) is 1. The molecule has 6 nitrogen and oxygen atoms in total. The Morgan fingerprint density at radius 2 is 1.92 bits per heavy atom. The van der Waals surface area contributed by atoms with Crippen molar-refractivity contribution in [2.24, 2.45) is 0 Å². The van der Waals surface area contributed by atoms with Crippen LogP contribution < -0.4 is 5.32 Å². The van der Waals surface area contributed by atoms with Crippen LogP contribution in [0.3, 0.4) is 0 Å². The number of H-pyrrole nitrogens is 1. The molecule has 3 heterocycles. The van der Waals surface area contributed by atoms with Gasteiger partial charge >= 0.3 is 0 Å². The zero-order valence-corrected chi connectivity index (χ0v) is 21.7. The second-order valence-corrected chi connectivity index (χ2v) is 9.97. The van der Waals surface area contributed by atoms with E-state index in [1.54, 1.807) is 12.3 Å². The van der Waals surface area contributed by atoms with E-state index in [0.717, 1.165) is 64.8 Å². The third-order valence-corrected chi connectivity index (χ3v) is 7.39. The summed E-state index contributed by atoms with van der Waals surface area (Å²) in [5.74, 6) is -0.269. The van der Waals surface area contributed by atoms with Gasteiger partial charge in [-0.25, -0.2) is 4.98 Å². The molecule has 3 N–H and O–H groups in total. The van der Waals surface area contributed by atoms with Crippen LogP contribution in [0.5, 0.6) is 0 Å². The fourth-order valence-electron chi connectivity index (χ4n) is 5.08. The third kappa shape index (κ3) is 5.18. The van der Waals surface area contributed by atoms with E-state index in [2.05, 4.69) is 26.8 Å². The van der Waals surface area contributed by atoms with Gasteiger partial charge in [-0.2, -0.15) is 0 Å². The summed E-state index contributed by atoms with van der Waals surface area (Å²) >= 11 is 6.70. The van der Waals surface area contributed by atoms with E-state index >= 15 is 0 Å². The highest BCUT2D eigenvalue weighted by Gasteiger charge is 2.22. The summed E-state index contributed by atoms with van der Waals surface area (Å²) in [6.07, 6.45) is 6.90. The number of benzene rings is 2. The number of carbonyl (C=O) groups excluding carboxylic acids is 1. The summed E-state index contributed by atoms with van der Waals surface area (Å²) in [5, 5.41) is 15.5. The maximum absolute atomic E-state index is 12.0. The molecule has 7 heteroatoms. The Kier molecular flexibility index (Phi) is 7.42. The molecule has 0 aliphatic carbocycles. The predicted octanol–water partition coefficient (Wildman–Crippen LogP) is 6.85. The fourth-order valence-corrected chi connectivity index (χ4v) is 5.32. The van der Waals surface area contributed by atoms with Crippen molar-refractivity contribution in [3.8, 4) is 22.4 Å². The van der Waals surface area contributed by atoms with E-state index in [9.17, 15) is 9.90 Å². The molecule has 0 radical (unpaired) electrons. The van der Waals surface area contributed by atoms with Gasteiger partial charge in [0.2, 0.25) is 5.91 Å². The lowest BCUT2D eigenvalue weighted by molar-refractivity contribution is -0.111. The van der Waals surface area contributed by atoms with E-state index < -0.39 is 6.23 Å². The average molecular weight is 515 g/mol. The molecule has 1 saturated heterocycles. The Labute approximate surface area is 222 Å². The molecule has 1 atom stereocenters. The number of hydrogen-bond donors (Lipinski definition) is 3. The highest BCUT2D eigenvalue weighted by Crippen LogP contribution is 2.42. The van der Waals surface area contributed by atoms with Gasteiger partial charge in [0.25, 0.3) is 0 Å². The monoisotopic (exact) mass is 514 g/mol. The first-order chi connectivity index (χ1) is 18.0. The number of hydrogen-bond acceptors (Lipinski definition) is 4. The van der Waals surface area contributed by atoms with Crippen molar-refractivity contribution in [1.82, 2.24) is 14.9 Å². The molecule has 0 saturated carbocycles. The van der Waals surface area contributed by atoms with Crippen LogP contribution in [0.1, 0.15) is 43.0 Å². The van der Waals surface area contributed by atoms with Gasteiger partial charge in [0.15, 0.2) is 0 Å². The van der Waals surface area contributed by atoms with Crippen LogP contribution in [0, 0.1) is 6.92 Å². The second-order valence-electron chi connectivity index (χ2n) is 9.56. The minimum absolute atomic E-state index is 0.269. The smallest absolute Gasteiger partial charge is 0.247 e. The first kappa shape index (κ1) is 25.2. The van der Waals surface area contributed by atoms with Gasteiger partial charge in [-0.15, -0.1) is 0 Å². The van der Waals surface area contributed by atoms with Crippen molar-refractivity contribution in [2.75, 3.05) is 18.4 Å². The molecule has 1 aliphatic rings. The van der Waals surface area contributed by atoms with Crippen molar-refractivity contribution in [1.29, 1.82) is 0 Å². The number of rotatable bonds is 6. The number of pyridine rings is 1. The highest BCUT2D eigenvalue weighted by atomic mass is 35.5. The van der Waals surface area contributed by atoms with Gasteiger partial charge in [0, 0.05) is 35.9 Å². The van der Waals surface area contributed by atoms with Gasteiger partial charge in [0.1, 0.15) is 11.9 Å². The summed E-state index contributed by atoms with van der Waals surface area (Å²) in [4.78, 5) is 22.2. The maximum Gasteiger partial charge on any atom is 0.247 e. The number of anilines is 1. The Morgan fingerprint density at radius 1 is 1.14 bits per heavy atom. The van der Waals surface area contributed by atoms with E-state index in [4.69, 9.17) is 11.6 Å². The molecule has 4 aromatic rings. The summed E-state index contributed by atoms with van der Waals surface area (Å²) in [6, 6.07) is 15.7. The van der Waals surface area contributed by atoms with Crippen LogP contribution in [-0.4, -0.2) is 39.0 Å². The van der Waals surface area contributed by atoms with Crippen molar-refractivity contribution >= 4 is 34.2 Å². The van der Waals surface area contributed by atoms with E-state index in [1.807, 2.05) is 49.4 Å². The summed E-state index contributed by atoms with van der Waals surface area (Å²) in [5.41, 5.74) is 6.72. The second kappa shape index (κ2) is 10.9. The van der Waals surface area contributed by atoms with Crippen molar-refractivity contribution < 1.29 is 9.90 Å². The topological polar surface area (TPSA) is 81.2 Å². The SMILES string of the molecule is C=CC(=O)Nc1cc(-c2c(-c3cccc(C(O)N4CCCCCC4)c3)[nH]c3nccc(Cl)c23)ccc1C. The molecule has 1 unspecified atom stereocenters. The zero-order chi connectivity index (χ0) is 25.9. The minimum atomic E-state index is -0.660. The molecule has 0 spiro atoms. The van der Waals surface area contributed by atoms with Gasteiger partial charge in [-0.3, -0.25) is 9.69 Å². The quantitative estimate of drug-likeness (QED) is 0.246. The number of fused-ring (bicyclic) bond motifs is 1. The van der Waals surface area contributed by atoms with Crippen LogP contribution in [0.4, 0.5) is 5.69 Å². The van der Waals surface area contributed by atoms with E-state index in [-0.39, 0.29) is 5.91 Å². The number of aryl methyl sites for hydroxylation is 1. The number of nitrogens with zero attached hydrogens (tertiary/aromatic N) is 2. The minimum Gasteiger partial charge on any atom is -0.374 e. The van der Waals surface area contributed by atoms with Crippen LogP contribution in [0.25, 0.3) is 33.4 Å². The van der Waals surface area contributed by atoms with Crippen molar-refractivity contribution in [2.45, 2.75) is 38.8 Å². The Hall–Kier alpha value is -3.45. The van der Waals surface area contributed by atoms with Crippen LogP contribution in [0.15, 0.2) is 67.4 Å². The molecule has 5 rings (SSSR count). The third-order valence-electron chi connectivity index (χ3n) is 7.07. The molecule has 190 valence electrons. The molecule has 1 aliphatic heterocycles. The number of halogens is 1. The van der Waals surface area contributed by atoms with Crippen molar-refractivity contribution in [3.63, 3.8) is 0 Å². The number of aliphatic hydroxyl groups is 1. The maximum atomic E-state index is 12.0. The summed E-state index contributed by atoms with van der Waals surface area (Å²) < 4.78 is 0. The fraction of sp³-hybridized carbons (Fsp3) is 0.267. The molecule has 1 fully saturated rings. The van der Waals surface area contributed by atoms with E-state index in [0.29, 0.717) is 16.4 Å². The standard InChI is InChI=1S/C30H31ClN4O2/c1-3-25(36)33-24-18-20(12-11-19(24)2)26-27-23(31)13-14-32-29(27)34-28(26)21-9-8-10-22(17-21)30(37)35-15-6-4-5-7-16-35/h3,8-14,17-18,30,37H,1,4-7,15-16H2,2H3,(H,32,34)(H,33,36). The Morgan fingerprint density at radius 3 is 2.68 bits per heavy atom. The molecular weight excluding hydrogens is 484 g/mol. The van der Waals surface area contributed by atoms with Gasteiger partial charge < -0.3 is 15.4 Å². The summed E-state index contributed by atoms with van der Waals surface area (Å²) in [6.45, 7) is 7.29. The Balaban J connectivity index is 1.63. The number of amides is 1. The van der Waals surface area contributed by atoms with Crippen molar-refractivity contribution in [3.05, 3.63) is 83.5 Å². The number of aromatic amines is 1. The normalized spacial score (nSPS) is 15.3. The first-order valence-corrected chi connectivity index (χ1v) is 13.1. The number of aliphatic hydroxyl groups excluding tert-OH is 1. The number of aromatic nitrogens is 2. The molecule has 2 aromatic heterocycles. The molecular formula is C30H31ClN4O2. The average Bonchev–Trinajstić information content (AvgIpc) is 3.10. The molecule has 1 amide bonds. The zero-order valence-electron chi connectivity index (χ0n) is 20.9. The van der Waals surface area contributed by atoms with Gasteiger partial charge in [-0.05, 0) is 66.3 Å². The lowest BCUT2D eigenvalue weighted by Crippen LogP contribution is -2.29. The van der Waals surface area contributed by atoms with Crippen LogP contribution in [-0.2, 0) is 4.79 Å². The number of nitrogens with one attached hydrogen (secondary N) is 2. The van der Waals surface area contributed by atoms with E-state index in [1.165, 1.54) is 18.9 Å². The van der Waals surface area contributed by atoms with Gasteiger partial charge in [0.05, 0.1) is 10.7 Å². The molecule has 37 heavy (non-hydrogen) atoms. The van der Waals surface area contributed by atoms with Crippen LogP contribution in [0.2, 0.25) is 5.02 Å². The first-order valence-electron chi connectivity index (χ1n) is 12.7. The molecule has 0 bridgehead atoms. The Bertz CT molecular complexity index is 1450. The van der Waals surface area contributed by atoms with Gasteiger partial charge in [-0.1, -0.05) is 61.4 Å².